The van der Waals surface area contributed by atoms with Gasteiger partial charge in [0.2, 0.25) is 0 Å². The summed E-state index contributed by atoms with van der Waals surface area (Å²) in [5, 5.41) is 14.4. The number of piperidine rings is 1. The highest BCUT2D eigenvalue weighted by Crippen LogP contribution is 2.63. The lowest BCUT2D eigenvalue weighted by Gasteiger charge is -2.64. The molecule has 5 aliphatic rings. The number of aliphatic hydroxyl groups excluding tert-OH is 1. The Morgan fingerprint density at radius 2 is 1.75 bits per heavy atom. The van der Waals surface area contributed by atoms with E-state index < -0.39 is 0 Å². The van der Waals surface area contributed by atoms with Gasteiger partial charge in [-0.3, -0.25) is 4.90 Å². The first-order valence-electron chi connectivity index (χ1n) is 10.6. The van der Waals surface area contributed by atoms with Crippen molar-refractivity contribution >= 4 is 0 Å². The molecule has 5 unspecified atom stereocenters. The van der Waals surface area contributed by atoms with Crippen molar-refractivity contribution in [1.82, 2.24) is 10.2 Å². The number of aliphatic hydroxyl groups is 1. The summed E-state index contributed by atoms with van der Waals surface area (Å²) < 4.78 is 6.06. The van der Waals surface area contributed by atoms with Crippen LogP contribution >= 0.6 is 0 Å². The molecule has 136 valence electrons. The van der Waals surface area contributed by atoms with Crippen LogP contribution in [-0.4, -0.2) is 60.0 Å². The van der Waals surface area contributed by atoms with Crippen LogP contribution in [0.5, 0.6) is 0 Å². The van der Waals surface area contributed by atoms with Crippen LogP contribution in [0, 0.1) is 11.3 Å². The van der Waals surface area contributed by atoms with E-state index >= 15 is 0 Å². The number of likely N-dealkylation sites (tertiary alicyclic amines) is 1. The van der Waals surface area contributed by atoms with Crippen molar-refractivity contribution in [3.05, 3.63) is 0 Å². The van der Waals surface area contributed by atoms with E-state index in [0.717, 1.165) is 25.0 Å². The Bertz CT molecular complexity index is 459. The molecule has 4 nitrogen and oxygen atoms in total. The van der Waals surface area contributed by atoms with Gasteiger partial charge in [0.25, 0.3) is 0 Å². The third-order valence-corrected chi connectivity index (χ3v) is 8.14. The molecule has 1 spiro atoms. The lowest BCUT2D eigenvalue weighted by Crippen LogP contribution is -2.72. The van der Waals surface area contributed by atoms with E-state index in [2.05, 4.69) is 10.2 Å². The molecule has 0 aromatic heterocycles. The van der Waals surface area contributed by atoms with Crippen LogP contribution in [-0.2, 0) is 4.74 Å². The molecule has 2 heterocycles. The van der Waals surface area contributed by atoms with Gasteiger partial charge in [-0.1, -0.05) is 19.3 Å². The molecule has 3 aliphatic carbocycles. The van der Waals surface area contributed by atoms with Gasteiger partial charge in [-0.15, -0.1) is 0 Å². The van der Waals surface area contributed by atoms with E-state index in [4.69, 9.17) is 4.74 Å². The van der Waals surface area contributed by atoms with Crippen LogP contribution in [0.2, 0.25) is 0 Å². The summed E-state index contributed by atoms with van der Waals surface area (Å²) in [5.41, 5.74) is 0.512. The minimum Gasteiger partial charge on any atom is -0.391 e. The van der Waals surface area contributed by atoms with Crippen LogP contribution in [0.25, 0.3) is 0 Å². The van der Waals surface area contributed by atoms with E-state index in [9.17, 15) is 5.11 Å². The Balaban J connectivity index is 1.16. The summed E-state index contributed by atoms with van der Waals surface area (Å²) >= 11 is 0. The third-order valence-electron chi connectivity index (χ3n) is 8.14. The first-order chi connectivity index (χ1) is 11.8. The van der Waals surface area contributed by atoms with E-state index in [1.165, 1.54) is 70.9 Å². The maximum absolute atomic E-state index is 10.3. The molecule has 0 aromatic carbocycles. The van der Waals surface area contributed by atoms with Gasteiger partial charge in [0.15, 0.2) is 0 Å². The van der Waals surface area contributed by atoms with Crippen molar-refractivity contribution < 1.29 is 9.84 Å². The Morgan fingerprint density at radius 3 is 2.46 bits per heavy atom. The quantitative estimate of drug-likeness (QED) is 0.831. The molecule has 24 heavy (non-hydrogen) atoms. The molecular formula is C20H34N2O2. The average Bonchev–Trinajstić information content (AvgIpc) is 2.98. The second-order valence-corrected chi connectivity index (χ2v) is 9.20. The summed E-state index contributed by atoms with van der Waals surface area (Å²) in [7, 11) is 0. The first kappa shape index (κ1) is 16.0. The highest BCUT2D eigenvalue weighted by Gasteiger charge is 2.66. The van der Waals surface area contributed by atoms with Gasteiger partial charge in [0, 0.05) is 49.2 Å². The van der Waals surface area contributed by atoms with Gasteiger partial charge in [-0.05, 0) is 44.9 Å². The van der Waals surface area contributed by atoms with Gasteiger partial charge >= 0.3 is 0 Å². The van der Waals surface area contributed by atoms with Crippen LogP contribution in [0.15, 0.2) is 0 Å². The maximum atomic E-state index is 10.3. The standard InChI is InChI=1S/C20H34N2O2/c23-17-5-2-1-4-16(17)22-11-6-14(7-12-22)21-18-15-8-13-24-19(15)20(18)9-3-10-20/h14-19,21,23H,1-13H2. The Morgan fingerprint density at radius 1 is 0.958 bits per heavy atom. The SMILES string of the molecule is OC1CCCCC1N1CCC(NC2C3CCOC3C23CCC3)CC1. The highest BCUT2D eigenvalue weighted by atomic mass is 16.5. The number of fused-ring (bicyclic) bond motifs is 2. The minimum absolute atomic E-state index is 0.0791. The summed E-state index contributed by atoms with van der Waals surface area (Å²) in [4.78, 5) is 2.59. The molecule has 0 radical (unpaired) electrons. The normalized spacial score (nSPS) is 45.6. The van der Waals surface area contributed by atoms with Crippen molar-refractivity contribution in [1.29, 1.82) is 0 Å². The number of hydrogen-bond donors (Lipinski definition) is 2. The highest BCUT2D eigenvalue weighted by molar-refractivity contribution is 5.18. The average molecular weight is 335 g/mol. The summed E-state index contributed by atoms with van der Waals surface area (Å²) in [6.45, 7) is 3.33. The molecular weight excluding hydrogens is 300 g/mol. The zero-order valence-electron chi connectivity index (χ0n) is 15.0. The van der Waals surface area contributed by atoms with Crippen molar-refractivity contribution in [2.45, 2.75) is 94.5 Å². The molecule has 0 bridgehead atoms. The summed E-state index contributed by atoms with van der Waals surface area (Å²) in [5.74, 6) is 0.795. The van der Waals surface area contributed by atoms with E-state index in [0.29, 0.717) is 23.6 Å². The molecule has 5 atom stereocenters. The van der Waals surface area contributed by atoms with Crippen LogP contribution < -0.4 is 5.32 Å². The lowest BCUT2D eigenvalue weighted by molar-refractivity contribution is -0.179. The number of nitrogens with zero attached hydrogens (tertiary/aromatic N) is 1. The number of rotatable bonds is 3. The van der Waals surface area contributed by atoms with Crippen molar-refractivity contribution in [2.75, 3.05) is 19.7 Å². The fourth-order valence-corrected chi connectivity index (χ4v) is 6.66. The van der Waals surface area contributed by atoms with Crippen molar-refractivity contribution in [2.24, 2.45) is 11.3 Å². The monoisotopic (exact) mass is 334 g/mol. The second-order valence-electron chi connectivity index (χ2n) is 9.20. The number of hydrogen-bond acceptors (Lipinski definition) is 4. The van der Waals surface area contributed by atoms with Crippen molar-refractivity contribution in [3.63, 3.8) is 0 Å². The third kappa shape index (κ3) is 2.40. The Kier molecular flexibility index (Phi) is 4.16. The van der Waals surface area contributed by atoms with Crippen LogP contribution in [0.3, 0.4) is 0 Å². The molecule has 2 aliphatic heterocycles. The van der Waals surface area contributed by atoms with E-state index in [-0.39, 0.29) is 6.10 Å². The van der Waals surface area contributed by atoms with E-state index in [1.54, 1.807) is 0 Å². The van der Waals surface area contributed by atoms with Gasteiger partial charge in [-0.2, -0.15) is 0 Å². The maximum Gasteiger partial charge on any atom is 0.0695 e. The van der Waals surface area contributed by atoms with Crippen molar-refractivity contribution in [3.8, 4) is 0 Å². The lowest BCUT2D eigenvalue weighted by atomic mass is 9.46. The molecule has 0 amide bonds. The van der Waals surface area contributed by atoms with Gasteiger partial charge in [0.1, 0.15) is 0 Å². The Labute approximate surface area is 146 Å². The van der Waals surface area contributed by atoms with E-state index in [1.807, 2.05) is 0 Å². The molecule has 3 saturated carbocycles. The number of ether oxygens (including phenoxy) is 1. The smallest absolute Gasteiger partial charge is 0.0695 e. The number of nitrogens with one attached hydrogen (secondary N) is 1. The minimum atomic E-state index is -0.0791. The van der Waals surface area contributed by atoms with Crippen LogP contribution in [0.4, 0.5) is 0 Å². The zero-order chi connectivity index (χ0) is 16.1. The largest absolute Gasteiger partial charge is 0.391 e. The zero-order valence-corrected chi connectivity index (χ0v) is 15.0. The first-order valence-corrected chi connectivity index (χ1v) is 10.6. The van der Waals surface area contributed by atoms with Gasteiger partial charge in [0.05, 0.1) is 12.2 Å². The predicted molar refractivity (Wildman–Crippen MR) is 93.9 cm³/mol. The Hall–Kier alpha value is -0.160. The predicted octanol–water partition coefficient (Wildman–Crippen LogP) is 2.30. The second kappa shape index (κ2) is 6.22. The summed E-state index contributed by atoms with van der Waals surface area (Å²) in [6, 6.07) is 1.86. The summed E-state index contributed by atoms with van der Waals surface area (Å²) in [6.07, 6.45) is 13.2. The molecule has 4 heteroatoms. The van der Waals surface area contributed by atoms with Gasteiger partial charge in [-0.25, -0.2) is 0 Å². The van der Waals surface area contributed by atoms with Gasteiger partial charge < -0.3 is 15.2 Å². The van der Waals surface area contributed by atoms with Crippen LogP contribution in [0.1, 0.15) is 64.2 Å². The molecule has 5 rings (SSSR count). The molecule has 2 N–H and O–H groups in total. The molecule has 2 saturated heterocycles. The molecule has 0 aromatic rings. The fourth-order valence-electron chi connectivity index (χ4n) is 6.66. The fraction of sp³-hybridized carbons (Fsp3) is 1.00. The molecule has 5 fully saturated rings. The topological polar surface area (TPSA) is 44.7 Å².